The summed E-state index contributed by atoms with van der Waals surface area (Å²) < 4.78 is 33.3. The van der Waals surface area contributed by atoms with Crippen LogP contribution in [0.25, 0.3) is 0 Å². The highest BCUT2D eigenvalue weighted by molar-refractivity contribution is 5.77. The lowest BCUT2D eigenvalue weighted by Crippen LogP contribution is -2.66. The largest absolute Gasteiger partial charge is 0.468 e. The van der Waals surface area contributed by atoms with Gasteiger partial charge in [-0.3, -0.25) is 4.79 Å². The summed E-state index contributed by atoms with van der Waals surface area (Å²) in [5.74, 6) is -2.59. The molecule has 0 radical (unpaired) electrons. The Labute approximate surface area is 140 Å². The van der Waals surface area contributed by atoms with Gasteiger partial charge in [0.1, 0.15) is 24.4 Å². The summed E-state index contributed by atoms with van der Waals surface area (Å²) in [7, 11) is 1.20. The number of rotatable bonds is 3. The molecule has 0 aromatic carbocycles. The standard InChI is InChI=1S/C15H25NO8/c1-13(2)20-6-7(22-13)9-15(18,8(16)11(17)19-5)10-12(21-9)24-14(3,4)23-10/h7-10,12,18H,6,16H2,1-5H3/t7-,8-,9-,10+,12-,15+/m1/s1. The smallest absolute Gasteiger partial charge is 0.325 e. The van der Waals surface area contributed by atoms with Crippen LogP contribution in [0.2, 0.25) is 0 Å². The lowest BCUT2D eigenvalue weighted by atomic mass is 9.82. The summed E-state index contributed by atoms with van der Waals surface area (Å²) in [6.07, 6.45) is -3.45. The van der Waals surface area contributed by atoms with E-state index >= 15 is 0 Å². The number of carbonyl (C=O) groups is 1. The predicted octanol–water partition coefficient (Wildman–Crippen LogP) is -0.754. The molecule has 3 fully saturated rings. The molecule has 0 aromatic rings. The van der Waals surface area contributed by atoms with E-state index in [4.69, 9.17) is 34.2 Å². The van der Waals surface area contributed by atoms with Crippen molar-refractivity contribution in [2.24, 2.45) is 5.73 Å². The summed E-state index contributed by atoms with van der Waals surface area (Å²) in [6, 6.07) is -1.40. The molecule has 3 heterocycles. The van der Waals surface area contributed by atoms with Crippen LogP contribution in [0.5, 0.6) is 0 Å². The van der Waals surface area contributed by atoms with Crippen molar-refractivity contribution in [3.05, 3.63) is 0 Å². The van der Waals surface area contributed by atoms with Gasteiger partial charge >= 0.3 is 5.97 Å². The highest BCUT2D eigenvalue weighted by atomic mass is 16.8. The van der Waals surface area contributed by atoms with Crippen LogP contribution in [0.3, 0.4) is 0 Å². The quantitative estimate of drug-likeness (QED) is 0.635. The molecule has 6 atom stereocenters. The summed E-state index contributed by atoms with van der Waals surface area (Å²) in [5, 5.41) is 11.4. The molecule has 9 heteroatoms. The van der Waals surface area contributed by atoms with E-state index in [0.717, 1.165) is 0 Å². The van der Waals surface area contributed by atoms with Gasteiger partial charge in [-0.05, 0) is 27.7 Å². The molecule has 24 heavy (non-hydrogen) atoms. The maximum atomic E-state index is 12.0. The van der Waals surface area contributed by atoms with Gasteiger partial charge in [0.15, 0.2) is 23.5 Å². The summed E-state index contributed by atoms with van der Waals surface area (Å²) in [4.78, 5) is 12.0. The number of methoxy groups -OCH3 is 1. The Morgan fingerprint density at radius 2 is 1.83 bits per heavy atom. The van der Waals surface area contributed by atoms with Crippen LogP contribution in [0.15, 0.2) is 0 Å². The van der Waals surface area contributed by atoms with Gasteiger partial charge in [-0.1, -0.05) is 0 Å². The Morgan fingerprint density at radius 1 is 1.17 bits per heavy atom. The van der Waals surface area contributed by atoms with Crippen molar-refractivity contribution >= 4 is 5.97 Å². The SMILES string of the molecule is COC(=O)[C@@H](N)[C@]1(O)[C@@H]([C@H]2COC(C)(C)O2)O[C@@H]2OC(C)(C)O[C@@H]21. The fraction of sp³-hybridized carbons (Fsp3) is 0.933. The molecule has 3 saturated heterocycles. The van der Waals surface area contributed by atoms with E-state index in [2.05, 4.69) is 0 Å². The van der Waals surface area contributed by atoms with Crippen LogP contribution in [-0.4, -0.2) is 72.6 Å². The minimum Gasteiger partial charge on any atom is -0.468 e. The van der Waals surface area contributed by atoms with E-state index < -0.39 is 53.8 Å². The van der Waals surface area contributed by atoms with Crippen LogP contribution in [0, 0.1) is 0 Å². The Bertz CT molecular complexity index is 524. The zero-order valence-electron chi connectivity index (χ0n) is 14.5. The van der Waals surface area contributed by atoms with Gasteiger partial charge in [0.2, 0.25) is 0 Å². The second-order valence-electron chi connectivity index (χ2n) is 7.24. The van der Waals surface area contributed by atoms with Gasteiger partial charge in [-0.2, -0.15) is 0 Å². The zero-order valence-corrected chi connectivity index (χ0v) is 14.5. The molecule has 3 aliphatic rings. The van der Waals surface area contributed by atoms with Gasteiger partial charge in [0.05, 0.1) is 13.7 Å². The van der Waals surface area contributed by atoms with E-state index in [1.165, 1.54) is 7.11 Å². The third kappa shape index (κ3) is 2.74. The van der Waals surface area contributed by atoms with E-state index in [1.54, 1.807) is 27.7 Å². The van der Waals surface area contributed by atoms with E-state index in [0.29, 0.717) is 0 Å². The predicted molar refractivity (Wildman–Crippen MR) is 78.5 cm³/mol. The van der Waals surface area contributed by atoms with Crippen LogP contribution >= 0.6 is 0 Å². The highest BCUT2D eigenvalue weighted by Gasteiger charge is 2.69. The Kier molecular flexibility index (Phi) is 4.20. The average molecular weight is 347 g/mol. The van der Waals surface area contributed by atoms with Gasteiger partial charge < -0.3 is 39.3 Å². The molecule has 3 rings (SSSR count). The fourth-order valence-electron chi connectivity index (χ4n) is 3.48. The topological polar surface area (TPSA) is 119 Å². The number of hydrogen-bond donors (Lipinski definition) is 2. The normalized spacial score (nSPS) is 44.3. The van der Waals surface area contributed by atoms with Crippen molar-refractivity contribution in [3.63, 3.8) is 0 Å². The van der Waals surface area contributed by atoms with E-state index in [9.17, 15) is 9.90 Å². The molecule has 0 aromatic heterocycles. The van der Waals surface area contributed by atoms with Gasteiger partial charge in [-0.15, -0.1) is 0 Å². The molecule has 3 N–H and O–H groups in total. The molecule has 9 nitrogen and oxygen atoms in total. The maximum absolute atomic E-state index is 12.0. The molecular formula is C15H25NO8. The van der Waals surface area contributed by atoms with Crippen molar-refractivity contribution in [3.8, 4) is 0 Å². The van der Waals surface area contributed by atoms with Crippen LogP contribution < -0.4 is 5.73 Å². The first-order valence-electron chi connectivity index (χ1n) is 7.89. The number of ether oxygens (including phenoxy) is 6. The molecule has 0 bridgehead atoms. The van der Waals surface area contributed by atoms with Crippen LogP contribution in [0.1, 0.15) is 27.7 Å². The summed E-state index contributed by atoms with van der Waals surface area (Å²) in [5.41, 5.74) is 4.11. The minimum atomic E-state index is -1.89. The first kappa shape index (κ1) is 18.0. The van der Waals surface area contributed by atoms with Crippen molar-refractivity contribution in [2.45, 2.75) is 75.5 Å². The Hall–Kier alpha value is -0.810. The van der Waals surface area contributed by atoms with E-state index in [1.807, 2.05) is 0 Å². The van der Waals surface area contributed by atoms with Gasteiger partial charge in [0.25, 0.3) is 0 Å². The first-order valence-corrected chi connectivity index (χ1v) is 7.89. The van der Waals surface area contributed by atoms with E-state index in [-0.39, 0.29) is 6.61 Å². The summed E-state index contributed by atoms with van der Waals surface area (Å²) >= 11 is 0. The van der Waals surface area contributed by atoms with Crippen LogP contribution in [-0.2, 0) is 33.2 Å². The molecule has 138 valence electrons. The fourth-order valence-corrected chi connectivity index (χ4v) is 3.48. The average Bonchev–Trinajstić information content (AvgIpc) is 3.08. The Balaban J connectivity index is 1.92. The molecule has 0 unspecified atom stereocenters. The maximum Gasteiger partial charge on any atom is 0.325 e. The number of carbonyl (C=O) groups excluding carboxylic acids is 1. The highest BCUT2D eigenvalue weighted by Crippen LogP contribution is 2.47. The van der Waals surface area contributed by atoms with Crippen molar-refractivity contribution in [1.29, 1.82) is 0 Å². The lowest BCUT2D eigenvalue weighted by molar-refractivity contribution is -0.251. The molecule has 0 spiro atoms. The molecular weight excluding hydrogens is 322 g/mol. The third-order valence-electron chi connectivity index (χ3n) is 4.57. The van der Waals surface area contributed by atoms with Crippen molar-refractivity contribution < 1.29 is 38.3 Å². The lowest BCUT2D eigenvalue weighted by Gasteiger charge is -2.38. The monoisotopic (exact) mass is 347 g/mol. The number of esters is 1. The number of aliphatic hydroxyl groups is 1. The third-order valence-corrected chi connectivity index (χ3v) is 4.57. The number of fused-ring (bicyclic) bond motifs is 1. The number of nitrogens with two attached hydrogens (primary N) is 1. The zero-order chi connectivity index (χ0) is 17.9. The van der Waals surface area contributed by atoms with Crippen LogP contribution in [0.4, 0.5) is 0 Å². The van der Waals surface area contributed by atoms with Gasteiger partial charge in [-0.25, -0.2) is 0 Å². The first-order chi connectivity index (χ1) is 11.0. The second kappa shape index (κ2) is 5.60. The minimum absolute atomic E-state index is 0.177. The molecule has 0 aliphatic carbocycles. The Morgan fingerprint density at radius 3 is 2.38 bits per heavy atom. The molecule has 0 amide bonds. The van der Waals surface area contributed by atoms with Gasteiger partial charge in [0, 0.05) is 0 Å². The summed E-state index contributed by atoms with van der Waals surface area (Å²) in [6.45, 7) is 7.05. The second-order valence-corrected chi connectivity index (χ2v) is 7.24. The van der Waals surface area contributed by atoms with Crippen molar-refractivity contribution in [2.75, 3.05) is 13.7 Å². The van der Waals surface area contributed by atoms with Crippen molar-refractivity contribution in [1.82, 2.24) is 0 Å². The molecule has 3 aliphatic heterocycles. The number of hydrogen-bond acceptors (Lipinski definition) is 9. The molecule has 0 saturated carbocycles.